The molecule has 1 fully saturated rings. The summed E-state index contributed by atoms with van der Waals surface area (Å²) < 4.78 is 13.6. The number of hydrogen-bond donors (Lipinski definition) is 2. The Morgan fingerprint density at radius 2 is 2.33 bits per heavy atom. The van der Waals surface area contributed by atoms with Crippen molar-refractivity contribution in [1.29, 1.82) is 0 Å². The maximum atomic E-state index is 13.6. The quantitative estimate of drug-likeness (QED) is 0.538. The second-order valence-electron chi connectivity index (χ2n) is 3.45. The van der Waals surface area contributed by atoms with Gasteiger partial charge in [0.1, 0.15) is 5.82 Å². The maximum absolute atomic E-state index is 13.6. The Morgan fingerprint density at radius 3 is 2.87 bits per heavy atom. The molecule has 0 bridgehead atoms. The highest BCUT2D eigenvalue weighted by molar-refractivity contribution is 5.87. The lowest BCUT2D eigenvalue weighted by molar-refractivity contribution is -0.143. The highest BCUT2D eigenvalue weighted by atomic mass is 19.1. The van der Waals surface area contributed by atoms with Gasteiger partial charge in [-0.1, -0.05) is 6.07 Å². The lowest BCUT2D eigenvalue weighted by atomic mass is 9.95. The lowest BCUT2D eigenvalue weighted by Gasteiger charge is -2.43. The molecule has 0 spiro atoms. The molecule has 6 heteroatoms. The highest BCUT2D eigenvalue weighted by Crippen LogP contribution is 2.29. The van der Waals surface area contributed by atoms with E-state index >= 15 is 0 Å². The molecular formula is C9H10FN3O2. The Bertz CT molecular complexity index is 365. The summed E-state index contributed by atoms with van der Waals surface area (Å²) in [5, 5.41) is 8.32. The fraction of sp³-hybridized carbons (Fsp3) is 0.333. The average molecular weight is 211 g/mol. The fourth-order valence-corrected chi connectivity index (χ4v) is 1.51. The van der Waals surface area contributed by atoms with Crippen LogP contribution in [0.15, 0.2) is 24.4 Å². The summed E-state index contributed by atoms with van der Waals surface area (Å²) in [4.78, 5) is 16.5. The number of nitrogens with zero attached hydrogens (tertiary/aromatic N) is 2. The summed E-state index contributed by atoms with van der Waals surface area (Å²) in [6.07, 6.45) is 1.60. The molecule has 1 saturated heterocycles. The first-order valence-electron chi connectivity index (χ1n) is 4.45. The zero-order chi connectivity index (χ0) is 10.9. The Morgan fingerprint density at radius 1 is 1.60 bits per heavy atom. The lowest BCUT2D eigenvalue weighted by Crippen LogP contribution is -2.66. The Labute approximate surface area is 85.5 Å². The van der Waals surface area contributed by atoms with Gasteiger partial charge in [-0.2, -0.15) is 0 Å². The third-order valence-electron chi connectivity index (χ3n) is 2.36. The van der Waals surface area contributed by atoms with Crippen LogP contribution in [0.25, 0.3) is 0 Å². The number of aromatic nitrogens is 1. The second kappa shape index (κ2) is 3.47. The molecule has 2 rings (SSSR count). The number of carbonyl (C=O) groups excluding carboxylic acids is 1. The van der Waals surface area contributed by atoms with E-state index < -0.39 is 11.6 Å². The van der Waals surface area contributed by atoms with Crippen LogP contribution in [-0.2, 0) is 4.79 Å². The van der Waals surface area contributed by atoms with Crippen LogP contribution in [0, 0.1) is 0 Å². The normalized spacial score (nSPS) is 18.1. The molecule has 0 saturated carbocycles. The van der Waals surface area contributed by atoms with Crippen LogP contribution in [0.1, 0.15) is 0 Å². The molecule has 15 heavy (non-hydrogen) atoms. The first kappa shape index (κ1) is 9.85. The van der Waals surface area contributed by atoms with Gasteiger partial charge in [-0.05, 0) is 12.1 Å². The highest BCUT2D eigenvalue weighted by Gasteiger charge is 2.50. The molecule has 1 amide bonds. The Hall–Kier alpha value is -1.69. The minimum absolute atomic E-state index is 0.0869. The van der Waals surface area contributed by atoms with Crippen LogP contribution in [0.2, 0.25) is 0 Å². The molecule has 0 unspecified atom stereocenters. The number of hydrogen-bond acceptors (Lipinski definition) is 4. The van der Waals surface area contributed by atoms with Crippen LogP contribution in [0.3, 0.4) is 0 Å². The van der Waals surface area contributed by atoms with Crippen LogP contribution in [-0.4, -0.2) is 34.9 Å². The maximum Gasteiger partial charge on any atom is 0.284 e. The van der Waals surface area contributed by atoms with Gasteiger partial charge in [-0.15, -0.1) is 0 Å². The average Bonchev–Trinajstić information content (AvgIpc) is 2.25. The van der Waals surface area contributed by atoms with E-state index in [0.717, 1.165) is 0 Å². The van der Waals surface area contributed by atoms with Gasteiger partial charge >= 0.3 is 0 Å². The molecule has 2 N–H and O–H groups in total. The van der Waals surface area contributed by atoms with Gasteiger partial charge in [0, 0.05) is 6.20 Å². The molecule has 1 aliphatic heterocycles. The zero-order valence-electron chi connectivity index (χ0n) is 7.85. The van der Waals surface area contributed by atoms with Gasteiger partial charge in [-0.3, -0.25) is 10.0 Å². The second-order valence-corrected chi connectivity index (χ2v) is 3.45. The SMILES string of the molecule is O=C(NO)C1(F)CN(c2ccccn2)C1. The fourth-order valence-electron chi connectivity index (χ4n) is 1.51. The summed E-state index contributed by atoms with van der Waals surface area (Å²) in [5.41, 5.74) is -0.689. The number of rotatable bonds is 2. The third-order valence-corrected chi connectivity index (χ3v) is 2.36. The minimum Gasteiger partial charge on any atom is -0.349 e. The summed E-state index contributed by atoms with van der Waals surface area (Å²) in [6.45, 7) is -0.174. The van der Waals surface area contributed by atoms with Gasteiger partial charge in [0.2, 0.25) is 5.67 Å². The summed E-state index contributed by atoms with van der Waals surface area (Å²) in [7, 11) is 0. The number of anilines is 1. The standard InChI is InChI=1S/C9H10FN3O2/c10-9(8(14)12-15)5-13(6-9)7-3-1-2-4-11-7/h1-4,15H,5-6H2,(H,12,14). The van der Waals surface area contributed by atoms with E-state index in [1.165, 1.54) is 5.48 Å². The van der Waals surface area contributed by atoms with Crippen molar-refractivity contribution in [1.82, 2.24) is 10.5 Å². The minimum atomic E-state index is -2.01. The number of halogens is 1. The molecule has 80 valence electrons. The van der Waals surface area contributed by atoms with Gasteiger partial charge < -0.3 is 4.90 Å². The largest absolute Gasteiger partial charge is 0.349 e. The molecule has 0 radical (unpaired) electrons. The van der Waals surface area contributed by atoms with Gasteiger partial charge in [-0.25, -0.2) is 14.9 Å². The molecule has 5 nitrogen and oxygen atoms in total. The van der Waals surface area contributed by atoms with E-state index in [1.54, 1.807) is 29.3 Å². The zero-order valence-corrected chi connectivity index (χ0v) is 7.85. The molecule has 0 aliphatic carbocycles. The summed E-state index contributed by atoms with van der Waals surface area (Å²) in [5.74, 6) is -0.383. The summed E-state index contributed by atoms with van der Waals surface area (Å²) in [6, 6.07) is 5.27. The monoisotopic (exact) mass is 211 g/mol. The van der Waals surface area contributed by atoms with Gasteiger partial charge in [0.25, 0.3) is 5.91 Å². The Balaban J connectivity index is 2.02. The number of carbonyl (C=O) groups is 1. The first-order chi connectivity index (χ1) is 7.15. The van der Waals surface area contributed by atoms with E-state index in [1.807, 2.05) is 0 Å². The van der Waals surface area contributed by atoms with E-state index in [4.69, 9.17) is 5.21 Å². The predicted octanol–water partition coefficient (Wildman–Crippen LogP) is 0.115. The number of amides is 1. The van der Waals surface area contributed by atoms with Crippen molar-refractivity contribution < 1.29 is 14.4 Å². The van der Waals surface area contributed by atoms with Crippen molar-refractivity contribution in [2.45, 2.75) is 5.67 Å². The summed E-state index contributed by atoms with van der Waals surface area (Å²) >= 11 is 0. The number of nitrogens with one attached hydrogen (secondary N) is 1. The molecule has 1 aliphatic rings. The van der Waals surface area contributed by atoms with Crippen LogP contribution >= 0.6 is 0 Å². The topological polar surface area (TPSA) is 65.5 Å². The van der Waals surface area contributed by atoms with Gasteiger partial charge in [0.05, 0.1) is 13.1 Å². The van der Waals surface area contributed by atoms with E-state index in [9.17, 15) is 9.18 Å². The van der Waals surface area contributed by atoms with Gasteiger partial charge in [0.15, 0.2) is 0 Å². The number of hydroxylamine groups is 1. The molecule has 0 atom stereocenters. The van der Waals surface area contributed by atoms with Crippen LogP contribution in [0.4, 0.5) is 10.2 Å². The number of pyridine rings is 1. The van der Waals surface area contributed by atoms with E-state index in [2.05, 4.69) is 4.98 Å². The van der Waals surface area contributed by atoms with E-state index in [-0.39, 0.29) is 13.1 Å². The molecule has 1 aromatic heterocycles. The van der Waals surface area contributed by atoms with Crippen LogP contribution in [0.5, 0.6) is 0 Å². The van der Waals surface area contributed by atoms with Crippen molar-refractivity contribution in [3.05, 3.63) is 24.4 Å². The van der Waals surface area contributed by atoms with E-state index in [0.29, 0.717) is 5.82 Å². The van der Waals surface area contributed by atoms with Crippen LogP contribution < -0.4 is 10.4 Å². The molecular weight excluding hydrogens is 201 g/mol. The first-order valence-corrected chi connectivity index (χ1v) is 4.45. The van der Waals surface area contributed by atoms with Crippen molar-refractivity contribution in [3.8, 4) is 0 Å². The Kier molecular flexibility index (Phi) is 2.28. The van der Waals surface area contributed by atoms with Crippen molar-refractivity contribution in [3.63, 3.8) is 0 Å². The number of alkyl halides is 1. The van der Waals surface area contributed by atoms with Crippen molar-refractivity contribution in [2.75, 3.05) is 18.0 Å². The molecule has 2 heterocycles. The third kappa shape index (κ3) is 1.63. The van der Waals surface area contributed by atoms with Crippen molar-refractivity contribution >= 4 is 11.7 Å². The van der Waals surface area contributed by atoms with Crippen molar-refractivity contribution in [2.24, 2.45) is 0 Å². The predicted molar refractivity (Wildman–Crippen MR) is 50.2 cm³/mol. The molecule has 0 aromatic carbocycles. The molecule has 1 aromatic rings. The smallest absolute Gasteiger partial charge is 0.284 e.